The molecular formula is C10H8F2O2. The van der Waals surface area contributed by atoms with Crippen molar-refractivity contribution in [2.45, 2.75) is 12.1 Å². The number of carbonyl (C=O) groups is 1. The van der Waals surface area contributed by atoms with Crippen molar-refractivity contribution in [1.82, 2.24) is 0 Å². The molecule has 0 spiro atoms. The molecule has 2 rings (SSSR count). The lowest BCUT2D eigenvalue weighted by Gasteiger charge is -2.05. The van der Waals surface area contributed by atoms with Crippen LogP contribution in [0.3, 0.4) is 0 Å². The third kappa shape index (κ3) is 1.27. The van der Waals surface area contributed by atoms with Gasteiger partial charge in [0.05, 0.1) is 5.92 Å². The Balaban J connectivity index is 2.25. The van der Waals surface area contributed by atoms with Crippen molar-refractivity contribution in [1.29, 1.82) is 0 Å². The Morgan fingerprint density at radius 3 is 2.43 bits per heavy atom. The Kier molecular flexibility index (Phi) is 1.80. The second-order valence-electron chi connectivity index (χ2n) is 3.46. The lowest BCUT2D eigenvalue weighted by atomic mass is 10.1. The molecule has 0 radical (unpaired) electrons. The van der Waals surface area contributed by atoms with E-state index < -0.39 is 23.4 Å². The van der Waals surface area contributed by atoms with Crippen molar-refractivity contribution in [2.24, 2.45) is 5.92 Å². The summed E-state index contributed by atoms with van der Waals surface area (Å²) in [6, 6.07) is 4.85. The van der Waals surface area contributed by atoms with Crippen molar-refractivity contribution in [3.05, 3.63) is 35.6 Å². The standard InChI is InChI=1S/C10H8F2O2/c11-7-3-1-6(2-4-7)10(12)5-8(10)9(13)14/h1-4,8H,5H2,(H,13,14)/t8-,10+/m1/s1. The summed E-state index contributed by atoms with van der Waals surface area (Å²) in [6.07, 6.45) is -0.0199. The Morgan fingerprint density at radius 1 is 1.43 bits per heavy atom. The zero-order valence-corrected chi connectivity index (χ0v) is 7.21. The molecule has 0 amide bonds. The number of carboxylic acids is 1. The quantitative estimate of drug-likeness (QED) is 0.790. The average Bonchev–Trinajstić information content (AvgIpc) is 2.80. The van der Waals surface area contributed by atoms with Gasteiger partial charge in [-0.3, -0.25) is 4.79 Å². The highest BCUT2D eigenvalue weighted by Gasteiger charge is 2.61. The van der Waals surface area contributed by atoms with E-state index in [0.717, 1.165) is 12.1 Å². The van der Waals surface area contributed by atoms with Gasteiger partial charge in [-0.15, -0.1) is 0 Å². The number of hydrogen-bond donors (Lipinski definition) is 1. The van der Waals surface area contributed by atoms with Gasteiger partial charge in [-0.2, -0.15) is 0 Å². The monoisotopic (exact) mass is 198 g/mol. The van der Waals surface area contributed by atoms with Gasteiger partial charge < -0.3 is 5.11 Å². The molecule has 0 bridgehead atoms. The number of carboxylic acid groups (broad SMARTS) is 1. The predicted octanol–water partition coefficient (Wildman–Crippen LogP) is 2.10. The summed E-state index contributed by atoms with van der Waals surface area (Å²) in [5.41, 5.74) is -1.55. The zero-order valence-electron chi connectivity index (χ0n) is 7.21. The number of halogens is 2. The van der Waals surface area contributed by atoms with Gasteiger partial charge in [-0.1, -0.05) is 12.1 Å². The molecule has 1 fully saturated rings. The summed E-state index contributed by atoms with van der Waals surface area (Å²) in [5, 5.41) is 8.59. The molecule has 0 heterocycles. The van der Waals surface area contributed by atoms with E-state index in [9.17, 15) is 13.6 Å². The van der Waals surface area contributed by atoms with E-state index in [1.807, 2.05) is 0 Å². The van der Waals surface area contributed by atoms with Gasteiger partial charge in [0.1, 0.15) is 11.5 Å². The summed E-state index contributed by atoms with van der Waals surface area (Å²) >= 11 is 0. The van der Waals surface area contributed by atoms with Gasteiger partial charge in [0, 0.05) is 6.42 Å². The van der Waals surface area contributed by atoms with Crippen LogP contribution in [-0.4, -0.2) is 11.1 Å². The molecule has 1 aromatic carbocycles. The first-order chi connectivity index (χ1) is 6.54. The first kappa shape index (κ1) is 9.12. The fraction of sp³-hybridized carbons (Fsp3) is 0.300. The van der Waals surface area contributed by atoms with E-state index >= 15 is 0 Å². The van der Waals surface area contributed by atoms with Crippen LogP contribution in [0.25, 0.3) is 0 Å². The topological polar surface area (TPSA) is 37.3 Å². The molecule has 1 aliphatic carbocycles. The summed E-state index contributed by atoms with van der Waals surface area (Å²) in [6.45, 7) is 0. The molecule has 0 saturated heterocycles. The second kappa shape index (κ2) is 2.77. The van der Waals surface area contributed by atoms with Gasteiger partial charge in [-0.25, -0.2) is 8.78 Å². The van der Waals surface area contributed by atoms with Crippen LogP contribution in [0.15, 0.2) is 24.3 Å². The number of hydrogen-bond acceptors (Lipinski definition) is 1. The Hall–Kier alpha value is -1.45. The van der Waals surface area contributed by atoms with Gasteiger partial charge in [0.15, 0.2) is 0 Å². The van der Waals surface area contributed by atoms with Crippen molar-refractivity contribution >= 4 is 5.97 Å². The third-order valence-electron chi connectivity index (χ3n) is 2.52. The first-order valence-electron chi connectivity index (χ1n) is 4.22. The normalized spacial score (nSPS) is 30.0. The zero-order chi connectivity index (χ0) is 10.3. The highest BCUT2D eigenvalue weighted by molar-refractivity contribution is 5.76. The minimum absolute atomic E-state index is 0.0199. The van der Waals surface area contributed by atoms with Gasteiger partial charge in [-0.05, 0) is 17.7 Å². The van der Waals surface area contributed by atoms with Crippen LogP contribution >= 0.6 is 0 Å². The molecule has 0 aromatic heterocycles. The first-order valence-corrected chi connectivity index (χ1v) is 4.22. The van der Waals surface area contributed by atoms with Crippen LogP contribution in [-0.2, 0) is 10.5 Å². The van der Waals surface area contributed by atoms with Crippen LogP contribution in [0.2, 0.25) is 0 Å². The van der Waals surface area contributed by atoms with Crippen molar-refractivity contribution in [3.8, 4) is 0 Å². The molecule has 74 valence electrons. The van der Waals surface area contributed by atoms with Crippen LogP contribution in [0.4, 0.5) is 8.78 Å². The van der Waals surface area contributed by atoms with Gasteiger partial charge in [0.25, 0.3) is 0 Å². The molecule has 1 N–H and O–H groups in total. The smallest absolute Gasteiger partial charge is 0.310 e. The summed E-state index contributed by atoms with van der Waals surface area (Å²) < 4.78 is 26.3. The maximum atomic E-state index is 13.8. The number of alkyl halides is 1. The number of aliphatic carboxylic acids is 1. The van der Waals surface area contributed by atoms with E-state index in [1.54, 1.807) is 0 Å². The SMILES string of the molecule is O=C(O)[C@H]1C[C@]1(F)c1ccc(F)cc1. The minimum atomic E-state index is -1.79. The number of rotatable bonds is 2. The lowest BCUT2D eigenvalue weighted by Crippen LogP contribution is -2.09. The molecule has 1 aromatic rings. The minimum Gasteiger partial charge on any atom is -0.481 e. The van der Waals surface area contributed by atoms with Crippen LogP contribution < -0.4 is 0 Å². The fourth-order valence-electron chi connectivity index (χ4n) is 1.57. The second-order valence-corrected chi connectivity index (χ2v) is 3.46. The van der Waals surface area contributed by atoms with Crippen LogP contribution in [0, 0.1) is 11.7 Å². The van der Waals surface area contributed by atoms with Crippen molar-refractivity contribution in [3.63, 3.8) is 0 Å². The Morgan fingerprint density at radius 2 is 2.00 bits per heavy atom. The summed E-state index contributed by atoms with van der Waals surface area (Å²) in [4.78, 5) is 10.5. The van der Waals surface area contributed by atoms with Crippen LogP contribution in [0.5, 0.6) is 0 Å². The molecule has 14 heavy (non-hydrogen) atoms. The highest BCUT2D eigenvalue weighted by atomic mass is 19.1. The molecule has 1 saturated carbocycles. The molecular weight excluding hydrogens is 190 g/mol. The van der Waals surface area contributed by atoms with Gasteiger partial charge in [0.2, 0.25) is 0 Å². The summed E-state index contributed by atoms with van der Waals surface area (Å²) in [5.74, 6) is -2.57. The predicted molar refractivity (Wildman–Crippen MR) is 44.9 cm³/mol. The van der Waals surface area contributed by atoms with Crippen molar-refractivity contribution in [2.75, 3.05) is 0 Å². The average molecular weight is 198 g/mol. The maximum Gasteiger partial charge on any atom is 0.310 e. The van der Waals surface area contributed by atoms with E-state index in [-0.39, 0.29) is 12.0 Å². The summed E-state index contributed by atoms with van der Waals surface area (Å²) in [7, 11) is 0. The maximum absolute atomic E-state index is 13.8. The van der Waals surface area contributed by atoms with Crippen molar-refractivity contribution < 1.29 is 18.7 Å². The van der Waals surface area contributed by atoms with Crippen LogP contribution in [0.1, 0.15) is 12.0 Å². The van der Waals surface area contributed by atoms with Gasteiger partial charge >= 0.3 is 5.97 Å². The lowest BCUT2D eigenvalue weighted by molar-refractivity contribution is -0.139. The fourth-order valence-corrected chi connectivity index (χ4v) is 1.57. The molecule has 1 aliphatic rings. The molecule has 2 atom stereocenters. The molecule has 0 unspecified atom stereocenters. The molecule has 0 aliphatic heterocycles. The largest absolute Gasteiger partial charge is 0.481 e. The Labute approximate surface area is 79.2 Å². The van der Waals surface area contributed by atoms with E-state index in [1.165, 1.54) is 12.1 Å². The molecule has 2 nitrogen and oxygen atoms in total. The van der Waals surface area contributed by atoms with E-state index in [0.29, 0.717) is 0 Å². The third-order valence-corrected chi connectivity index (χ3v) is 2.52. The Bertz CT molecular complexity index is 374. The van der Waals surface area contributed by atoms with E-state index in [4.69, 9.17) is 5.11 Å². The number of benzene rings is 1. The highest BCUT2D eigenvalue weighted by Crippen LogP contribution is 2.55. The van der Waals surface area contributed by atoms with E-state index in [2.05, 4.69) is 0 Å². The molecule has 4 heteroatoms.